The lowest BCUT2D eigenvalue weighted by Crippen LogP contribution is -2.36. The largest absolute Gasteiger partial charge is 0.497 e. The first-order valence-corrected chi connectivity index (χ1v) is 11.7. The molecule has 1 heterocycles. The van der Waals surface area contributed by atoms with Crippen molar-refractivity contribution in [2.24, 2.45) is 0 Å². The lowest BCUT2D eigenvalue weighted by Gasteiger charge is -2.28. The van der Waals surface area contributed by atoms with Crippen molar-refractivity contribution in [3.63, 3.8) is 0 Å². The van der Waals surface area contributed by atoms with Crippen molar-refractivity contribution in [1.29, 1.82) is 0 Å². The quantitative estimate of drug-likeness (QED) is 0.306. The van der Waals surface area contributed by atoms with E-state index in [0.717, 1.165) is 37.2 Å². The first-order valence-electron chi connectivity index (χ1n) is 11.3. The molecule has 1 atom stereocenters. The Bertz CT molecular complexity index is 1180. The lowest BCUT2D eigenvalue weighted by atomic mass is 10.0. The van der Waals surface area contributed by atoms with Crippen molar-refractivity contribution in [3.8, 4) is 17.2 Å². The summed E-state index contributed by atoms with van der Waals surface area (Å²) in [4.78, 5) is 26.0. The number of methoxy groups -OCH3 is 1. The van der Waals surface area contributed by atoms with Gasteiger partial charge in [-0.3, -0.25) is 19.8 Å². The van der Waals surface area contributed by atoms with Gasteiger partial charge in [-0.1, -0.05) is 23.7 Å². The van der Waals surface area contributed by atoms with E-state index in [0.29, 0.717) is 17.9 Å². The number of amides is 1. The minimum Gasteiger partial charge on any atom is -0.497 e. The SMILES string of the molecule is COc1ccc([C@H](CNC(=O)c2ccc(Oc3ccc(Cl)cc3[N+](=O)[O-])cc2)N2CCCC2)cc1. The summed E-state index contributed by atoms with van der Waals surface area (Å²) in [6.07, 6.45) is 2.29. The molecule has 1 aliphatic heterocycles. The van der Waals surface area contributed by atoms with Gasteiger partial charge >= 0.3 is 5.69 Å². The zero-order chi connectivity index (χ0) is 24.8. The minimum atomic E-state index is -0.553. The lowest BCUT2D eigenvalue weighted by molar-refractivity contribution is -0.385. The second kappa shape index (κ2) is 11.2. The average molecular weight is 496 g/mol. The highest BCUT2D eigenvalue weighted by molar-refractivity contribution is 6.30. The zero-order valence-electron chi connectivity index (χ0n) is 19.3. The molecule has 1 fully saturated rings. The molecule has 1 saturated heterocycles. The van der Waals surface area contributed by atoms with E-state index in [1.165, 1.54) is 18.2 Å². The fraction of sp³-hybridized carbons (Fsp3) is 0.269. The van der Waals surface area contributed by atoms with Gasteiger partial charge in [-0.2, -0.15) is 0 Å². The number of nitrogens with zero attached hydrogens (tertiary/aromatic N) is 2. The molecule has 0 saturated carbocycles. The summed E-state index contributed by atoms with van der Waals surface area (Å²) >= 11 is 5.85. The third kappa shape index (κ3) is 6.09. The van der Waals surface area contributed by atoms with Gasteiger partial charge in [0.2, 0.25) is 5.75 Å². The number of nitro groups is 1. The molecule has 182 valence electrons. The molecule has 1 aliphatic rings. The van der Waals surface area contributed by atoms with Crippen molar-refractivity contribution >= 4 is 23.2 Å². The molecule has 8 nitrogen and oxygen atoms in total. The van der Waals surface area contributed by atoms with Gasteiger partial charge in [0.25, 0.3) is 5.91 Å². The Morgan fingerprint density at radius 3 is 2.34 bits per heavy atom. The fourth-order valence-electron chi connectivity index (χ4n) is 4.15. The number of rotatable bonds is 9. The van der Waals surface area contributed by atoms with Gasteiger partial charge in [0.05, 0.1) is 18.1 Å². The summed E-state index contributed by atoms with van der Waals surface area (Å²) < 4.78 is 10.9. The highest BCUT2D eigenvalue weighted by atomic mass is 35.5. The van der Waals surface area contributed by atoms with Gasteiger partial charge in [-0.15, -0.1) is 0 Å². The number of carbonyl (C=O) groups excluding carboxylic acids is 1. The maximum atomic E-state index is 12.9. The Kier molecular flexibility index (Phi) is 7.84. The molecular weight excluding hydrogens is 470 g/mol. The van der Waals surface area contributed by atoms with Crippen LogP contribution in [0.4, 0.5) is 5.69 Å². The zero-order valence-corrected chi connectivity index (χ0v) is 20.0. The third-order valence-corrected chi connectivity index (χ3v) is 6.24. The monoisotopic (exact) mass is 495 g/mol. The van der Waals surface area contributed by atoms with E-state index in [1.807, 2.05) is 24.3 Å². The van der Waals surface area contributed by atoms with Crippen molar-refractivity contribution < 1.29 is 19.2 Å². The molecule has 9 heteroatoms. The molecule has 0 bridgehead atoms. The van der Waals surface area contributed by atoms with Crippen molar-refractivity contribution in [2.45, 2.75) is 18.9 Å². The first-order chi connectivity index (χ1) is 16.9. The second-order valence-corrected chi connectivity index (χ2v) is 8.67. The van der Waals surface area contributed by atoms with E-state index in [-0.39, 0.29) is 28.4 Å². The average Bonchev–Trinajstić information content (AvgIpc) is 3.40. The molecule has 1 N–H and O–H groups in total. The first kappa shape index (κ1) is 24.5. The van der Waals surface area contributed by atoms with Crippen LogP contribution in [0.15, 0.2) is 66.7 Å². The van der Waals surface area contributed by atoms with Gasteiger partial charge < -0.3 is 14.8 Å². The normalized spacial score (nSPS) is 14.3. The van der Waals surface area contributed by atoms with Crippen LogP contribution in [0.25, 0.3) is 0 Å². The molecular formula is C26H26ClN3O5. The molecule has 3 aromatic carbocycles. The fourth-order valence-corrected chi connectivity index (χ4v) is 4.32. The van der Waals surface area contributed by atoms with Crippen LogP contribution in [0.3, 0.4) is 0 Å². The smallest absolute Gasteiger partial charge is 0.313 e. The third-order valence-electron chi connectivity index (χ3n) is 6.00. The summed E-state index contributed by atoms with van der Waals surface area (Å²) in [6, 6.07) is 18.7. The second-order valence-electron chi connectivity index (χ2n) is 8.24. The summed E-state index contributed by atoms with van der Waals surface area (Å²) in [5.41, 5.74) is 1.37. The number of nitro benzene ring substituents is 1. The number of carbonyl (C=O) groups is 1. The van der Waals surface area contributed by atoms with Crippen LogP contribution < -0.4 is 14.8 Å². The number of hydrogen-bond donors (Lipinski definition) is 1. The van der Waals surface area contributed by atoms with Crippen LogP contribution in [-0.4, -0.2) is 42.5 Å². The van der Waals surface area contributed by atoms with E-state index in [2.05, 4.69) is 10.2 Å². The van der Waals surface area contributed by atoms with E-state index in [4.69, 9.17) is 21.1 Å². The molecule has 1 amide bonds. The van der Waals surface area contributed by atoms with Crippen molar-refractivity contribution in [3.05, 3.63) is 93.0 Å². The Morgan fingerprint density at radius 2 is 1.71 bits per heavy atom. The highest BCUT2D eigenvalue weighted by Crippen LogP contribution is 2.33. The van der Waals surface area contributed by atoms with E-state index in [1.54, 1.807) is 31.4 Å². The van der Waals surface area contributed by atoms with Crippen molar-refractivity contribution in [1.82, 2.24) is 10.2 Å². The number of halogens is 1. The van der Waals surface area contributed by atoms with Crippen LogP contribution in [0, 0.1) is 10.1 Å². The van der Waals surface area contributed by atoms with Crippen LogP contribution in [0.5, 0.6) is 17.2 Å². The minimum absolute atomic E-state index is 0.0698. The van der Waals surface area contributed by atoms with Gasteiger partial charge in [-0.25, -0.2) is 0 Å². The molecule has 0 aromatic heterocycles. The number of benzene rings is 3. The van der Waals surface area contributed by atoms with E-state index < -0.39 is 4.92 Å². The maximum absolute atomic E-state index is 12.9. The van der Waals surface area contributed by atoms with Crippen LogP contribution in [-0.2, 0) is 0 Å². The predicted octanol–water partition coefficient (Wildman–Crippen LogP) is 5.62. The molecule has 35 heavy (non-hydrogen) atoms. The van der Waals surface area contributed by atoms with E-state index >= 15 is 0 Å². The van der Waals surface area contributed by atoms with E-state index in [9.17, 15) is 14.9 Å². The standard InChI is InChI=1S/C26H26ClN3O5/c1-34-21-9-4-18(5-10-21)24(29-14-2-3-15-29)17-28-26(31)19-6-11-22(12-7-19)35-25-13-8-20(27)16-23(25)30(32)33/h4-13,16,24H,2-3,14-15,17H2,1H3,(H,28,31)/t24-/m0/s1. The molecule has 4 rings (SSSR count). The molecule has 0 unspecified atom stereocenters. The number of hydrogen-bond acceptors (Lipinski definition) is 6. The van der Waals surface area contributed by atoms with Gasteiger partial charge in [0, 0.05) is 23.2 Å². The summed E-state index contributed by atoms with van der Waals surface area (Å²) in [7, 11) is 1.64. The summed E-state index contributed by atoms with van der Waals surface area (Å²) in [5.74, 6) is 1.04. The van der Waals surface area contributed by atoms with Gasteiger partial charge in [0.1, 0.15) is 11.5 Å². The summed E-state index contributed by atoms with van der Waals surface area (Å²) in [5, 5.41) is 14.6. The molecule has 0 spiro atoms. The Hall–Kier alpha value is -3.62. The number of likely N-dealkylation sites (tertiary alicyclic amines) is 1. The predicted molar refractivity (Wildman–Crippen MR) is 133 cm³/mol. The van der Waals surface area contributed by atoms with Crippen LogP contribution >= 0.6 is 11.6 Å². The van der Waals surface area contributed by atoms with Gasteiger partial charge in [0.15, 0.2) is 0 Å². The van der Waals surface area contributed by atoms with Crippen LogP contribution in [0.1, 0.15) is 34.8 Å². The number of ether oxygens (including phenoxy) is 2. The topological polar surface area (TPSA) is 93.9 Å². The van der Waals surface area contributed by atoms with Crippen molar-refractivity contribution in [2.75, 3.05) is 26.7 Å². The maximum Gasteiger partial charge on any atom is 0.313 e. The van der Waals surface area contributed by atoms with Crippen LogP contribution in [0.2, 0.25) is 5.02 Å². The molecule has 3 aromatic rings. The Balaban J connectivity index is 1.42. The number of nitrogens with one attached hydrogen (secondary N) is 1. The Labute approximate surface area is 208 Å². The highest BCUT2D eigenvalue weighted by Gasteiger charge is 2.24. The molecule has 0 radical (unpaired) electrons. The van der Waals surface area contributed by atoms with Gasteiger partial charge in [-0.05, 0) is 80.0 Å². The summed E-state index contributed by atoms with van der Waals surface area (Å²) in [6.45, 7) is 2.46. The molecule has 0 aliphatic carbocycles. The Morgan fingerprint density at radius 1 is 1.06 bits per heavy atom.